The maximum Gasteiger partial charge on any atom is 0.259 e. The van der Waals surface area contributed by atoms with E-state index in [9.17, 15) is 14.4 Å². The van der Waals surface area contributed by atoms with Gasteiger partial charge in [-0.1, -0.05) is 18.2 Å². The van der Waals surface area contributed by atoms with Gasteiger partial charge in [0.2, 0.25) is 17.8 Å². The Labute approximate surface area is 356 Å². The van der Waals surface area contributed by atoms with Crippen LogP contribution in [0, 0.1) is 32.4 Å². The van der Waals surface area contributed by atoms with Gasteiger partial charge in [-0.25, -0.2) is 33.7 Å². The third-order valence-electron chi connectivity index (χ3n) is 10.4. The Hall–Kier alpha value is -6.24. The smallest absolute Gasteiger partial charge is 0.259 e. The number of imidazole rings is 1. The average molecular weight is 851 g/mol. The Bertz CT molecular complexity index is 2530. The fourth-order valence-corrected chi connectivity index (χ4v) is 8.00. The summed E-state index contributed by atoms with van der Waals surface area (Å²) in [6.07, 6.45) is 3.43. The number of anilines is 4. The number of thiazole rings is 1. The number of aryl methyl sites for hydroxylation is 3. The van der Waals surface area contributed by atoms with E-state index in [0.29, 0.717) is 53.1 Å². The summed E-state index contributed by atoms with van der Waals surface area (Å²) >= 11 is 1.39. The van der Waals surface area contributed by atoms with E-state index in [1.807, 2.05) is 45.3 Å². The second-order valence-electron chi connectivity index (χ2n) is 15.2. The maximum absolute atomic E-state index is 15.1. The molecule has 318 valence electrons. The first-order chi connectivity index (χ1) is 29.3. The molecule has 5 heterocycles. The standard InChI is InChI=1S/C43H48F2N12O3S/c1-25(2)57-28(5)50-40-32(44)19-30(20-35(40)57)39-33(45)22-48-42(53-39)52-36-13-12-29(21-47-36)23-55-15-17-56(18-16-55)24-38(59)46-14-8-11-37(58)51-34-10-7-6-9-31(34)41(60)54-43-49-26(3)27(4)61-43/h6-7,9-10,12-13,19-22,25H,8,11,14-18,23-24H2,1-5H3,(H,46,59)(H,51,58)(H,49,54,60)(H,47,48,52,53). The number of carbonyl (C=O) groups excluding carboxylic acids is 3. The molecule has 2 aromatic carbocycles. The van der Waals surface area contributed by atoms with E-state index >= 15 is 8.78 Å². The summed E-state index contributed by atoms with van der Waals surface area (Å²) in [4.78, 5) is 65.4. The molecule has 15 nitrogen and oxygen atoms in total. The van der Waals surface area contributed by atoms with Gasteiger partial charge in [0.1, 0.15) is 22.9 Å². The van der Waals surface area contributed by atoms with Crippen LogP contribution in [-0.2, 0) is 16.1 Å². The topological polar surface area (TPSA) is 175 Å². The molecule has 6 aromatic rings. The fraction of sp³-hybridized carbons (Fsp3) is 0.349. The predicted octanol–water partition coefficient (Wildman–Crippen LogP) is 6.78. The highest BCUT2D eigenvalue weighted by Gasteiger charge is 2.21. The number of carbonyl (C=O) groups is 3. The van der Waals surface area contributed by atoms with Crippen LogP contribution in [0.4, 0.5) is 31.4 Å². The zero-order valence-electron chi connectivity index (χ0n) is 34.7. The van der Waals surface area contributed by atoms with Crippen LogP contribution in [0.15, 0.2) is 60.9 Å². The molecule has 4 aromatic heterocycles. The van der Waals surface area contributed by atoms with Gasteiger partial charge >= 0.3 is 0 Å². The highest BCUT2D eigenvalue weighted by molar-refractivity contribution is 7.15. The van der Waals surface area contributed by atoms with Gasteiger partial charge in [-0.3, -0.25) is 29.5 Å². The van der Waals surface area contributed by atoms with Crippen LogP contribution < -0.4 is 21.3 Å². The van der Waals surface area contributed by atoms with E-state index < -0.39 is 11.6 Å². The minimum atomic E-state index is -0.681. The number of para-hydroxylation sites is 1. The monoisotopic (exact) mass is 850 g/mol. The van der Waals surface area contributed by atoms with Gasteiger partial charge in [0.25, 0.3) is 5.91 Å². The molecule has 0 atom stereocenters. The molecule has 0 spiro atoms. The molecular formula is C43H48F2N12O3S. The van der Waals surface area contributed by atoms with Crippen molar-refractivity contribution in [1.82, 2.24) is 44.6 Å². The first kappa shape index (κ1) is 42.9. The summed E-state index contributed by atoms with van der Waals surface area (Å²) < 4.78 is 32.0. The second kappa shape index (κ2) is 19.0. The fourth-order valence-electron chi connectivity index (χ4n) is 7.19. The molecule has 0 unspecified atom stereocenters. The number of rotatable bonds is 15. The van der Waals surface area contributed by atoms with Crippen LogP contribution in [0.1, 0.15) is 65.0 Å². The molecule has 0 saturated carbocycles. The van der Waals surface area contributed by atoms with E-state index in [4.69, 9.17) is 0 Å². The molecule has 1 aliphatic heterocycles. The van der Waals surface area contributed by atoms with Crippen molar-refractivity contribution < 1.29 is 23.2 Å². The number of pyridine rings is 1. The lowest BCUT2D eigenvalue weighted by atomic mass is 10.1. The molecular weight excluding hydrogens is 803 g/mol. The molecule has 3 amide bonds. The highest BCUT2D eigenvalue weighted by atomic mass is 32.1. The Morgan fingerprint density at radius 3 is 2.34 bits per heavy atom. The van der Waals surface area contributed by atoms with Crippen molar-refractivity contribution in [3.63, 3.8) is 0 Å². The maximum atomic E-state index is 15.1. The van der Waals surface area contributed by atoms with E-state index in [1.54, 1.807) is 42.6 Å². The third-order valence-corrected chi connectivity index (χ3v) is 11.3. The molecule has 1 saturated heterocycles. The lowest BCUT2D eigenvalue weighted by molar-refractivity contribution is -0.123. The summed E-state index contributed by atoms with van der Waals surface area (Å²) in [5.74, 6) is -0.692. The molecule has 0 radical (unpaired) electrons. The average Bonchev–Trinajstić information content (AvgIpc) is 3.74. The molecule has 0 bridgehead atoms. The highest BCUT2D eigenvalue weighted by Crippen LogP contribution is 2.31. The van der Waals surface area contributed by atoms with Crippen molar-refractivity contribution in [2.75, 3.05) is 55.2 Å². The van der Waals surface area contributed by atoms with Crippen LogP contribution in [0.5, 0.6) is 0 Å². The van der Waals surface area contributed by atoms with Crippen LogP contribution in [0.3, 0.4) is 0 Å². The van der Waals surface area contributed by atoms with Crippen molar-refractivity contribution in [3.8, 4) is 11.3 Å². The Balaban J connectivity index is 0.822. The molecule has 1 aliphatic rings. The minimum Gasteiger partial charge on any atom is -0.355 e. The predicted molar refractivity (Wildman–Crippen MR) is 232 cm³/mol. The largest absolute Gasteiger partial charge is 0.355 e. The van der Waals surface area contributed by atoms with E-state index in [2.05, 4.69) is 56.0 Å². The number of fused-ring (bicyclic) bond motifs is 1. The molecule has 18 heteroatoms. The first-order valence-corrected chi connectivity index (χ1v) is 20.9. The number of amides is 3. The van der Waals surface area contributed by atoms with Crippen molar-refractivity contribution in [2.45, 2.75) is 60.0 Å². The van der Waals surface area contributed by atoms with Crippen molar-refractivity contribution in [2.24, 2.45) is 0 Å². The molecule has 0 aliphatic carbocycles. The summed E-state index contributed by atoms with van der Waals surface area (Å²) in [5, 5.41) is 12.1. The van der Waals surface area contributed by atoms with Crippen molar-refractivity contribution >= 4 is 62.7 Å². The Morgan fingerprint density at radius 2 is 1.62 bits per heavy atom. The van der Waals surface area contributed by atoms with Gasteiger partial charge in [0.05, 0.1) is 35.2 Å². The van der Waals surface area contributed by atoms with Crippen molar-refractivity contribution in [3.05, 3.63) is 100 Å². The lowest BCUT2D eigenvalue weighted by Crippen LogP contribution is -2.49. The summed E-state index contributed by atoms with van der Waals surface area (Å²) in [5.41, 5.74) is 3.62. The van der Waals surface area contributed by atoms with Gasteiger partial charge < -0.3 is 20.5 Å². The first-order valence-electron chi connectivity index (χ1n) is 20.1. The lowest BCUT2D eigenvalue weighted by Gasteiger charge is -2.34. The zero-order valence-corrected chi connectivity index (χ0v) is 35.5. The molecule has 61 heavy (non-hydrogen) atoms. The third kappa shape index (κ3) is 10.6. The molecule has 7 rings (SSSR count). The zero-order chi connectivity index (χ0) is 43.2. The number of benzene rings is 2. The van der Waals surface area contributed by atoms with Crippen LogP contribution in [0.25, 0.3) is 22.3 Å². The van der Waals surface area contributed by atoms with Gasteiger partial charge in [0.15, 0.2) is 16.8 Å². The van der Waals surface area contributed by atoms with E-state index in [0.717, 1.165) is 48.5 Å². The number of hydrogen-bond acceptors (Lipinski definition) is 12. The van der Waals surface area contributed by atoms with E-state index in [1.165, 1.54) is 17.4 Å². The second-order valence-corrected chi connectivity index (χ2v) is 16.4. The molecule has 4 N–H and O–H groups in total. The Morgan fingerprint density at radius 1 is 0.852 bits per heavy atom. The number of nitrogens with zero attached hydrogens (tertiary/aromatic N) is 8. The summed E-state index contributed by atoms with van der Waals surface area (Å²) in [7, 11) is 0. The normalized spacial score (nSPS) is 13.4. The van der Waals surface area contributed by atoms with Crippen molar-refractivity contribution in [1.29, 1.82) is 0 Å². The number of piperazine rings is 1. The number of halogens is 2. The number of nitrogens with one attached hydrogen (secondary N) is 4. The Kier molecular flexibility index (Phi) is 13.3. The van der Waals surface area contributed by atoms with Crippen LogP contribution in [0.2, 0.25) is 0 Å². The van der Waals surface area contributed by atoms with Crippen LogP contribution in [-0.4, -0.2) is 96.3 Å². The number of aromatic nitrogens is 6. The van der Waals surface area contributed by atoms with Crippen LogP contribution >= 0.6 is 11.3 Å². The quantitative estimate of drug-likeness (QED) is 0.0803. The minimum absolute atomic E-state index is 0.0289. The number of hydrogen-bond donors (Lipinski definition) is 4. The molecule has 1 fully saturated rings. The van der Waals surface area contributed by atoms with Gasteiger partial charge in [-0.15, -0.1) is 11.3 Å². The van der Waals surface area contributed by atoms with Gasteiger partial charge in [-0.2, -0.15) is 0 Å². The SMILES string of the molecule is Cc1nc(NC(=O)c2ccccc2NC(=O)CCCNC(=O)CN2CCN(Cc3ccc(Nc4ncc(F)c(-c5cc(F)c6nc(C)n(C(C)C)c6c5)n4)nc3)CC2)sc1C. The summed E-state index contributed by atoms with van der Waals surface area (Å²) in [6.45, 7) is 13.9. The van der Waals surface area contributed by atoms with Gasteiger partial charge in [-0.05, 0) is 76.9 Å². The summed E-state index contributed by atoms with van der Waals surface area (Å²) in [6, 6.07) is 13.5. The van der Waals surface area contributed by atoms with Gasteiger partial charge in [0, 0.05) is 68.4 Å². The van der Waals surface area contributed by atoms with E-state index in [-0.39, 0.29) is 59.5 Å².